The molecular weight excluding hydrogens is 254 g/mol. The Labute approximate surface area is 107 Å². The molecule has 0 unspecified atom stereocenters. The van der Waals surface area contributed by atoms with Gasteiger partial charge in [0.1, 0.15) is 10.6 Å². The van der Waals surface area contributed by atoms with Crippen LogP contribution in [-0.2, 0) is 7.05 Å². The molecule has 0 radical (unpaired) electrons. The topological polar surface area (TPSA) is 84.2 Å². The quantitative estimate of drug-likeness (QED) is 0.885. The monoisotopic (exact) mass is 265 g/mol. The summed E-state index contributed by atoms with van der Waals surface area (Å²) in [4.78, 5) is 22.8. The molecular formula is C11H11N3O3S. The van der Waals surface area contributed by atoms with Gasteiger partial charge >= 0.3 is 5.97 Å². The third-order valence-electron chi connectivity index (χ3n) is 2.29. The average Bonchev–Trinajstić information content (AvgIpc) is 2.85. The van der Waals surface area contributed by atoms with Crippen LogP contribution in [0.5, 0.6) is 0 Å². The lowest BCUT2D eigenvalue weighted by atomic mass is 10.3. The van der Waals surface area contributed by atoms with Crippen LogP contribution in [0.15, 0.2) is 18.2 Å². The maximum atomic E-state index is 11.9. The summed E-state index contributed by atoms with van der Waals surface area (Å²) in [7, 11) is 1.68. The number of amides is 1. The molecule has 0 saturated heterocycles. The fourth-order valence-electron chi connectivity index (χ4n) is 1.52. The molecule has 0 aromatic carbocycles. The summed E-state index contributed by atoms with van der Waals surface area (Å²) in [6, 6.07) is 4.69. The molecule has 2 aromatic heterocycles. The smallest absolute Gasteiger partial charge is 0.345 e. The van der Waals surface area contributed by atoms with Crippen molar-refractivity contribution in [2.75, 3.05) is 5.32 Å². The number of aromatic nitrogens is 2. The van der Waals surface area contributed by atoms with Gasteiger partial charge in [-0.2, -0.15) is 5.10 Å². The summed E-state index contributed by atoms with van der Waals surface area (Å²) in [5, 5.41) is 16.0. The number of carboxylic acids is 1. The third-order valence-corrected chi connectivity index (χ3v) is 3.28. The number of carbonyl (C=O) groups is 2. The molecule has 0 aliphatic rings. The Hall–Kier alpha value is -2.15. The van der Waals surface area contributed by atoms with Crippen LogP contribution in [0.4, 0.5) is 5.00 Å². The SMILES string of the molecule is Cc1cc(C(=O)Nc2ccc(C(=O)O)s2)n(C)n1. The number of rotatable bonds is 3. The van der Waals surface area contributed by atoms with Crippen molar-refractivity contribution in [3.05, 3.63) is 34.5 Å². The van der Waals surface area contributed by atoms with Crippen molar-refractivity contribution in [1.29, 1.82) is 0 Å². The first-order valence-electron chi connectivity index (χ1n) is 5.12. The maximum absolute atomic E-state index is 11.9. The second kappa shape index (κ2) is 4.61. The van der Waals surface area contributed by atoms with Crippen LogP contribution in [0.25, 0.3) is 0 Å². The molecule has 2 rings (SSSR count). The summed E-state index contributed by atoms with van der Waals surface area (Å²) >= 11 is 1.02. The minimum absolute atomic E-state index is 0.187. The number of carboxylic acid groups (broad SMARTS) is 1. The molecule has 0 aliphatic heterocycles. The van der Waals surface area contributed by atoms with Crippen molar-refractivity contribution in [3.63, 3.8) is 0 Å². The molecule has 0 fully saturated rings. The van der Waals surface area contributed by atoms with Crippen molar-refractivity contribution < 1.29 is 14.7 Å². The lowest BCUT2D eigenvalue weighted by Crippen LogP contribution is -2.15. The van der Waals surface area contributed by atoms with E-state index in [9.17, 15) is 9.59 Å². The van der Waals surface area contributed by atoms with E-state index in [1.165, 1.54) is 10.7 Å². The first-order chi connectivity index (χ1) is 8.47. The standard InChI is InChI=1S/C11H11N3O3S/c1-6-5-7(14(2)13-6)10(15)12-9-4-3-8(18-9)11(16)17/h3-5H,1-2H3,(H,12,15)(H,16,17). The Bertz CT molecular complexity index is 615. The predicted molar refractivity (Wildman–Crippen MR) is 67.2 cm³/mol. The van der Waals surface area contributed by atoms with Crippen molar-refractivity contribution >= 4 is 28.2 Å². The van der Waals surface area contributed by atoms with Crippen LogP contribution in [0, 0.1) is 6.92 Å². The van der Waals surface area contributed by atoms with Gasteiger partial charge in [0.15, 0.2) is 0 Å². The first kappa shape index (κ1) is 12.3. The lowest BCUT2D eigenvalue weighted by molar-refractivity contribution is 0.0702. The summed E-state index contributed by atoms with van der Waals surface area (Å²) in [6.45, 7) is 1.80. The predicted octanol–water partition coefficient (Wildman–Crippen LogP) is 1.74. The molecule has 18 heavy (non-hydrogen) atoms. The summed E-state index contributed by atoms with van der Waals surface area (Å²) in [5.74, 6) is -1.31. The van der Waals surface area contributed by atoms with E-state index in [0.717, 1.165) is 17.0 Å². The second-order valence-electron chi connectivity index (χ2n) is 3.72. The normalized spacial score (nSPS) is 10.3. The largest absolute Gasteiger partial charge is 0.477 e. The Morgan fingerprint density at radius 2 is 2.17 bits per heavy atom. The van der Waals surface area contributed by atoms with Crippen LogP contribution < -0.4 is 5.32 Å². The van der Waals surface area contributed by atoms with Gasteiger partial charge < -0.3 is 10.4 Å². The van der Waals surface area contributed by atoms with E-state index in [-0.39, 0.29) is 10.8 Å². The number of hydrogen-bond donors (Lipinski definition) is 2. The molecule has 6 nitrogen and oxygen atoms in total. The van der Waals surface area contributed by atoms with Gasteiger partial charge in [-0.25, -0.2) is 4.79 Å². The Morgan fingerprint density at radius 3 is 2.67 bits per heavy atom. The van der Waals surface area contributed by atoms with Crippen molar-refractivity contribution in [2.45, 2.75) is 6.92 Å². The number of nitrogens with zero attached hydrogens (tertiary/aromatic N) is 2. The molecule has 2 aromatic rings. The molecule has 0 bridgehead atoms. The zero-order chi connectivity index (χ0) is 13.3. The van der Waals surface area contributed by atoms with Crippen LogP contribution in [-0.4, -0.2) is 26.8 Å². The Morgan fingerprint density at radius 1 is 1.44 bits per heavy atom. The van der Waals surface area contributed by atoms with Gasteiger partial charge in [-0.1, -0.05) is 0 Å². The molecule has 2 heterocycles. The van der Waals surface area contributed by atoms with Gasteiger partial charge in [0.05, 0.1) is 10.7 Å². The highest BCUT2D eigenvalue weighted by Crippen LogP contribution is 2.22. The Kier molecular flexibility index (Phi) is 3.15. The van der Waals surface area contributed by atoms with Crippen molar-refractivity contribution in [2.24, 2.45) is 7.05 Å². The third kappa shape index (κ3) is 2.40. The van der Waals surface area contributed by atoms with E-state index < -0.39 is 5.97 Å². The summed E-state index contributed by atoms with van der Waals surface area (Å²) < 4.78 is 1.48. The van der Waals surface area contributed by atoms with Gasteiger partial charge in [0.25, 0.3) is 5.91 Å². The second-order valence-corrected chi connectivity index (χ2v) is 4.80. The van der Waals surface area contributed by atoms with Gasteiger partial charge in [-0.15, -0.1) is 11.3 Å². The molecule has 0 atom stereocenters. The van der Waals surface area contributed by atoms with E-state index in [0.29, 0.717) is 10.7 Å². The van der Waals surface area contributed by atoms with Crippen molar-refractivity contribution in [3.8, 4) is 0 Å². The van der Waals surface area contributed by atoms with E-state index >= 15 is 0 Å². The molecule has 94 valence electrons. The summed E-state index contributed by atoms with van der Waals surface area (Å²) in [6.07, 6.45) is 0. The fraction of sp³-hybridized carbons (Fsp3) is 0.182. The first-order valence-corrected chi connectivity index (χ1v) is 5.94. The zero-order valence-electron chi connectivity index (χ0n) is 9.80. The Balaban J connectivity index is 2.16. The lowest BCUT2D eigenvalue weighted by Gasteiger charge is -2.01. The van der Waals surface area contributed by atoms with E-state index in [4.69, 9.17) is 5.11 Å². The highest BCUT2D eigenvalue weighted by Gasteiger charge is 2.14. The van der Waals surface area contributed by atoms with Gasteiger partial charge in [-0.05, 0) is 25.1 Å². The minimum atomic E-state index is -1.00. The van der Waals surface area contributed by atoms with E-state index in [1.807, 2.05) is 0 Å². The molecule has 1 amide bonds. The minimum Gasteiger partial charge on any atom is -0.477 e. The van der Waals surface area contributed by atoms with E-state index in [2.05, 4.69) is 10.4 Å². The number of anilines is 1. The number of thiophene rings is 1. The van der Waals surface area contributed by atoms with E-state index in [1.54, 1.807) is 26.1 Å². The number of carbonyl (C=O) groups excluding carboxylic acids is 1. The summed E-state index contributed by atoms with van der Waals surface area (Å²) in [5.41, 5.74) is 1.18. The van der Waals surface area contributed by atoms with Gasteiger partial charge in [0.2, 0.25) is 0 Å². The molecule has 7 heteroatoms. The maximum Gasteiger partial charge on any atom is 0.345 e. The van der Waals surface area contributed by atoms with Crippen LogP contribution in [0.2, 0.25) is 0 Å². The molecule has 0 saturated carbocycles. The number of hydrogen-bond acceptors (Lipinski definition) is 4. The number of aryl methyl sites for hydroxylation is 2. The number of nitrogens with one attached hydrogen (secondary N) is 1. The number of aromatic carboxylic acids is 1. The molecule has 2 N–H and O–H groups in total. The molecule has 0 spiro atoms. The van der Waals surface area contributed by atoms with Crippen LogP contribution in [0.1, 0.15) is 25.9 Å². The van der Waals surface area contributed by atoms with Crippen LogP contribution in [0.3, 0.4) is 0 Å². The van der Waals surface area contributed by atoms with Gasteiger partial charge in [-0.3, -0.25) is 9.48 Å². The highest BCUT2D eigenvalue weighted by atomic mass is 32.1. The zero-order valence-corrected chi connectivity index (χ0v) is 10.6. The fourth-order valence-corrected chi connectivity index (χ4v) is 2.26. The average molecular weight is 265 g/mol. The van der Waals surface area contributed by atoms with Crippen molar-refractivity contribution in [1.82, 2.24) is 9.78 Å². The van der Waals surface area contributed by atoms with Crippen LogP contribution >= 0.6 is 11.3 Å². The van der Waals surface area contributed by atoms with Gasteiger partial charge in [0, 0.05) is 7.05 Å². The molecule has 0 aliphatic carbocycles. The highest BCUT2D eigenvalue weighted by molar-refractivity contribution is 7.18.